The van der Waals surface area contributed by atoms with Gasteiger partial charge in [0.15, 0.2) is 0 Å². The number of hydrogen-bond donors (Lipinski definition) is 0. The number of benzene rings is 1. The highest BCUT2D eigenvalue weighted by Crippen LogP contribution is 2.26. The van der Waals surface area contributed by atoms with Gasteiger partial charge in [-0.2, -0.15) is 4.39 Å². The van der Waals surface area contributed by atoms with Crippen molar-refractivity contribution in [3.63, 3.8) is 0 Å². The molecule has 0 unspecified atom stereocenters. The number of rotatable bonds is 3. The highest BCUT2D eigenvalue weighted by molar-refractivity contribution is 6.42. The molecule has 3 nitrogen and oxygen atoms in total. The maximum Gasteiger partial charge on any atom is 0.272 e. The Morgan fingerprint density at radius 1 is 1.25 bits per heavy atom. The fourth-order valence-electron chi connectivity index (χ4n) is 1.72. The molecule has 0 bridgehead atoms. The van der Waals surface area contributed by atoms with Gasteiger partial charge in [0, 0.05) is 13.6 Å². The van der Waals surface area contributed by atoms with Crippen molar-refractivity contribution in [1.82, 2.24) is 9.88 Å². The van der Waals surface area contributed by atoms with Gasteiger partial charge in [0.1, 0.15) is 5.69 Å². The Morgan fingerprint density at radius 3 is 2.65 bits per heavy atom. The first kappa shape index (κ1) is 14.8. The predicted octanol–water partition coefficient (Wildman–Crippen LogP) is 3.80. The summed E-state index contributed by atoms with van der Waals surface area (Å²) in [7, 11) is 1.59. The van der Waals surface area contributed by atoms with Crippen LogP contribution in [0.4, 0.5) is 4.39 Å². The molecule has 0 N–H and O–H groups in total. The van der Waals surface area contributed by atoms with Crippen LogP contribution in [-0.4, -0.2) is 22.8 Å². The van der Waals surface area contributed by atoms with Gasteiger partial charge >= 0.3 is 0 Å². The summed E-state index contributed by atoms with van der Waals surface area (Å²) in [5, 5.41) is 0.829. The molecule has 0 aliphatic heterocycles. The third-order valence-electron chi connectivity index (χ3n) is 2.72. The third-order valence-corrected chi connectivity index (χ3v) is 3.58. The second kappa shape index (κ2) is 6.20. The minimum Gasteiger partial charge on any atom is -0.336 e. The molecule has 1 heterocycles. The quantitative estimate of drug-likeness (QED) is 0.808. The Morgan fingerprint density at radius 2 is 1.95 bits per heavy atom. The molecule has 0 spiro atoms. The van der Waals surface area contributed by atoms with Crippen LogP contribution < -0.4 is 0 Å². The van der Waals surface area contributed by atoms with Crippen molar-refractivity contribution in [3.05, 3.63) is 63.6 Å². The largest absolute Gasteiger partial charge is 0.336 e. The van der Waals surface area contributed by atoms with E-state index in [9.17, 15) is 9.18 Å². The lowest BCUT2D eigenvalue weighted by Gasteiger charge is -2.17. The van der Waals surface area contributed by atoms with E-state index in [1.807, 2.05) is 0 Å². The second-order valence-corrected chi connectivity index (χ2v) is 5.00. The van der Waals surface area contributed by atoms with E-state index in [0.29, 0.717) is 15.6 Å². The molecule has 6 heteroatoms. The molecule has 2 rings (SSSR count). The molecule has 1 aromatic heterocycles. The van der Waals surface area contributed by atoms with E-state index in [1.165, 1.54) is 23.1 Å². The Hall–Kier alpha value is -1.65. The maximum absolute atomic E-state index is 13.0. The van der Waals surface area contributed by atoms with Crippen LogP contribution in [0.2, 0.25) is 10.0 Å². The SMILES string of the molecule is CN(Cc1cccc(Cl)c1Cl)C(=O)c1cccc(F)n1. The summed E-state index contributed by atoms with van der Waals surface area (Å²) in [5.74, 6) is -1.08. The smallest absolute Gasteiger partial charge is 0.272 e. The number of nitrogens with zero attached hydrogens (tertiary/aromatic N) is 2. The van der Waals surface area contributed by atoms with Crippen LogP contribution in [0.5, 0.6) is 0 Å². The van der Waals surface area contributed by atoms with E-state index < -0.39 is 5.95 Å². The number of hydrogen-bond acceptors (Lipinski definition) is 2. The Balaban J connectivity index is 2.18. The van der Waals surface area contributed by atoms with Crippen molar-refractivity contribution in [2.45, 2.75) is 6.54 Å². The van der Waals surface area contributed by atoms with Gasteiger partial charge in [0.25, 0.3) is 5.91 Å². The molecular weight excluding hydrogens is 302 g/mol. The highest BCUT2D eigenvalue weighted by atomic mass is 35.5. The maximum atomic E-state index is 13.0. The van der Waals surface area contributed by atoms with Crippen LogP contribution in [-0.2, 0) is 6.54 Å². The van der Waals surface area contributed by atoms with Gasteiger partial charge in [-0.25, -0.2) is 4.98 Å². The Bertz CT molecular complexity index is 649. The molecule has 0 radical (unpaired) electrons. The summed E-state index contributed by atoms with van der Waals surface area (Å²) in [6.45, 7) is 0.260. The van der Waals surface area contributed by atoms with Crippen molar-refractivity contribution in [2.75, 3.05) is 7.05 Å². The standard InChI is InChI=1S/C14H11Cl2FN2O/c1-19(8-9-4-2-5-10(15)13(9)16)14(20)11-6-3-7-12(17)18-11/h2-7H,8H2,1H3. The molecule has 2 aromatic rings. The fourth-order valence-corrected chi connectivity index (χ4v) is 2.10. The zero-order chi connectivity index (χ0) is 14.7. The lowest BCUT2D eigenvalue weighted by molar-refractivity contribution is 0.0778. The summed E-state index contributed by atoms with van der Waals surface area (Å²) in [6, 6.07) is 9.28. The lowest BCUT2D eigenvalue weighted by atomic mass is 10.2. The lowest BCUT2D eigenvalue weighted by Crippen LogP contribution is -2.27. The van der Waals surface area contributed by atoms with Crippen LogP contribution in [0.15, 0.2) is 36.4 Å². The van der Waals surface area contributed by atoms with E-state index >= 15 is 0 Å². The van der Waals surface area contributed by atoms with E-state index in [0.717, 1.165) is 0 Å². The number of carbonyl (C=O) groups is 1. The minimum atomic E-state index is -0.690. The molecule has 1 aromatic carbocycles. The minimum absolute atomic E-state index is 0.0469. The van der Waals surface area contributed by atoms with Crippen LogP contribution >= 0.6 is 23.2 Å². The highest BCUT2D eigenvalue weighted by Gasteiger charge is 2.15. The third kappa shape index (κ3) is 3.26. The van der Waals surface area contributed by atoms with Gasteiger partial charge < -0.3 is 4.90 Å². The average Bonchev–Trinajstić information content (AvgIpc) is 2.43. The monoisotopic (exact) mass is 312 g/mol. The molecule has 1 amide bonds. The summed E-state index contributed by atoms with van der Waals surface area (Å²) in [6.07, 6.45) is 0. The first-order chi connectivity index (χ1) is 9.49. The molecule has 0 aliphatic carbocycles. The van der Waals surface area contributed by atoms with Crippen molar-refractivity contribution < 1.29 is 9.18 Å². The molecule has 0 atom stereocenters. The topological polar surface area (TPSA) is 33.2 Å². The van der Waals surface area contributed by atoms with E-state index in [-0.39, 0.29) is 18.1 Å². The number of aromatic nitrogens is 1. The first-order valence-electron chi connectivity index (χ1n) is 5.80. The molecule has 0 saturated heterocycles. The van der Waals surface area contributed by atoms with Gasteiger partial charge in [-0.3, -0.25) is 4.79 Å². The first-order valence-corrected chi connectivity index (χ1v) is 6.55. The van der Waals surface area contributed by atoms with Crippen molar-refractivity contribution in [1.29, 1.82) is 0 Å². The van der Waals surface area contributed by atoms with Gasteiger partial charge in [0.05, 0.1) is 10.0 Å². The molecule has 20 heavy (non-hydrogen) atoms. The van der Waals surface area contributed by atoms with E-state index in [1.54, 1.807) is 25.2 Å². The van der Waals surface area contributed by atoms with Crippen LogP contribution in [0.25, 0.3) is 0 Å². The van der Waals surface area contributed by atoms with Crippen molar-refractivity contribution in [3.8, 4) is 0 Å². The second-order valence-electron chi connectivity index (χ2n) is 4.22. The Labute approximate surface area is 125 Å². The van der Waals surface area contributed by atoms with Crippen LogP contribution in [0.1, 0.15) is 16.1 Å². The number of pyridine rings is 1. The van der Waals surface area contributed by atoms with E-state index in [2.05, 4.69) is 4.98 Å². The summed E-state index contributed by atoms with van der Waals surface area (Å²) in [4.78, 5) is 17.1. The molecular formula is C14H11Cl2FN2O. The van der Waals surface area contributed by atoms with Crippen LogP contribution in [0, 0.1) is 5.95 Å². The molecule has 0 fully saturated rings. The zero-order valence-electron chi connectivity index (χ0n) is 10.6. The van der Waals surface area contributed by atoms with Gasteiger partial charge in [-0.1, -0.05) is 41.4 Å². The molecule has 0 saturated carbocycles. The number of carbonyl (C=O) groups excluding carboxylic acids is 1. The molecule has 0 aliphatic rings. The number of amides is 1. The average molecular weight is 313 g/mol. The summed E-state index contributed by atoms with van der Waals surface area (Å²) < 4.78 is 13.0. The van der Waals surface area contributed by atoms with Gasteiger partial charge in [-0.15, -0.1) is 0 Å². The fraction of sp³-hybridized carbons (Fsp3) is 0.143. The van der Waals surface area contributed by atoms with Crippen LogP contribution in [0.3, 0.4) is 0 Å². The predicted molar refractivity (Wildman–Crippen MR) is 76.5 cm³/mol. The number of halogens is 3. The summed E-state index contributed by atoms with van der Waals surface area (Å²) in [5.41, 5.74) is 0.761. The van der Waals surface area contributed by atoms with Crippen molar-refractivity contribution >= 4 is 29.1 Å². The van der Waals surface area contributed by atoms with Crippen molar-refractivity contribution in [2.24, 2.45) is 0 Å². The Kier molecular flexibility index (Phi) is 4.57. The normalized spacial score (nSPS) is 10.4. The van der Waals surface area contributed by atoms with Gasteiger partial charge in [0.2, 0.25) is 5.95 Å². The van der Waals surface area contributed by atoms with Gasteiger partial charge in [-0.05, 0) is 23.8 Å². The molecule has 104 valence electrons. The zero-order valence-corrected chi connectivity index (χ0v) is 12.1. The van der Waals surface area contributed by atoms with E-state index in [4.69, 9.17) is 23.2 Å². The summed E-state index contributed by atoms with van der Waals surface area (Å²) >= 11 is 12.0.